The number of hydrogen-bond donors (Lipinski definition) is 1. The first-order valence-electron chi connectivity index (χ1n) is 7.02. The van der Waals surface area contributed by atoms with E-state index in [0.717, 1.165) is 12.0 Å². The van der Waals surface area contributed by atoms with E-state index in [1.54, 1.807) is 6.07 Å². The summed E-state index contributed by atoms with van der Waals surface area (Å²) in [6.07, 6.45) is 0.883. The monoisotopic (exact) mass is 283 g/mol. The lowest BCUT2D eigenvalue weighted by Gasteiger charge is -2.30. The molecule has 20 heavy (non-hydrogen) atoms. The Morgan fingerprint density at radius 2 is 1.85 bits per heavy atom. The maximum atomic E-state index is 13.3. The summed E-state index contributed by atoms with van der Waals surface area (Å²) in [7, 11) is 0. The van der Waals surface area contributed by atoms with Gasteiger partial charge in [0.05, 0.1) is 11.2 Å². The van der Waals surface area contributed by atoms with Gasteiger partial charge in [-0.25, -0.2) is 8.78 Å². The van der Waals surface area contributed by atoms with Crippen molar-refractivity contribution < 1.29 is 13.5 Å². The minimum Gasteiger partial charge on any atom is -0.368 e. The van der Waals surface area contributed by atoms with Gasteiger partial charge in [-0.1, -0.05) is 6.07 Å². The number of hydrogen-bond acceptors (Lipinski definition) is 2. The lowest BCUT2D eigenvalue weighted by Crippen LogP contribution is -2.44. The Hall–Kier alpha value is -1.00. The van der Waals surface area contributed by atoms with Gasteiger partial charge in [-0.2, -0.15) is 0 Å². The number of nitrogens with one attached hydrogen (secondary N) is 1. The molecule has 2 rings (SSSR count). The van der Waals surface area contributed by atoms with Crippen LogP contribution in [0.2, 0.25) is 0 Å². The van der Waals surface area contributed by atoms with Gasteiger partial charge in [0.15, 0.2) is 11.6 Å². The Morgan fingerprint density at radius 1 is 1.20 bits per heavy atom. The van der Waals surface area contributed by atoms with Crippen molar-refractivity contribution in [2.45, 2.75) is 64.3 Å². The third-order valence-electron chi connectivity index (χ3n) is 3.97. The first-order valence-corrected chi connectivity index (χ1v) is 7.02. The van der Waals surface area contributed by atoms with Gasteiger partial charge < -0.3 is 10.1 Å². The van der Waals surface area contributed by atoms with Gasteiger partial charge in [0, 0.05) is 12.1 Å². The van der Waals surface area contributed by atoms with E-state index in [1.807, 2.05) is 6.92 Å². The Balaban J connectivity index is 2.11. The Kier molecular flexibility index (Phi) is 3.91. The molecular weight excluding hydrogens is 260 g/mol. The van der Waals surface area contributed by atoms with E-state index < -0.39 is 11.6 Å². The minimum absolute atomic E-state index is 0.0631. The van der Waals surface area contributed by atoms with Crippen molar-refractivity contribution in [2.24, 2.45) is 0 Å². The molecule has 1 aliphatic heterocycles. The molecular formula is C16H23F2NO. The maximum Gasteiger partial charge on any atom is 0.159 e. The van der Waals surface area contributed by atoms with Crippen LogP contribution in [0.4, 0.5) is 8.78 Å². The highest BCUT2D eigenvalue weighted by atomic mass is 19.2. The molecule has 0 spiro atoms. The third kappa shape index (κ3) is 3.18. The van der Waals surface area contributed by atoms with Crippen molar-refractivity contribution in [3.05, 3.63) is 35.4 Å². The van der Waals surface area contributed by atoms with Crippen LogP contribution in [0.1, 0.15) is 52.6 Å². The molecule has 1 aliphatic rings. The van der Waals surface area contributed by atoms with Crippen LogP contribution in [0.25, 0.3) is 0 Å². The summed E-state index contributed by atoms with van der Waals surface area (Å²) >= 11 is 0. The van der Waals surface area contributed by atoms with Gasteiger partial charge in [-0.15, -0.1) is 0 Å². The number of halogens is 2. The first kappa shape index (κ1) is 15.4. The molecule has 2 nitrogen and oxygen atoms in total. The fourth-order valence-electron chi connectivity index (χ4n) is 3.00. The van der Waals surface area contributed by atoms with Gasteiger partial charge in [0.1, 0.15) is 0 Å². The predicted molar refractivity (Wildman–Crippen MR) is 75.6 cm³/mol. The lowest BCUT2D eigenvalue weighted by molar-refractivity contribution is -0.0703. The van der Waals surface area contributed by atoms with Crippen LogP contribution in [-0.2, 0) is 4.74 Å². The van der Waals surface area contributed by atoms with Crippen molar-refractivity contribution in [3.63, 3.8) is 0 Å². The van der Waals surface area contributed by atoms with Crippen molar-refractivity contribution in [1.29, 1.82) is 0 Å². The SMILES string of the molecule is CC(NC1CC(C)(C)OC1(C)C)c1ccc(F)c(F)c1. The molecule has 4 heteroatoms. The fraction of sp³-hybridized carbons (Fsp3) is 0.625. The molecule has 112 valence electrons. The molecule has 0 radical (unpaired) electrons. The van der Waals surface area contributed by atoms with Gasteiger partial charge in [-0.05, 0) is 58.7 Å². The first-order chi connectivity index (χ1) is 9.11. The number of ether oxygens (including phenoxy) is 1. The van der Waals surface area contributed by atoms with Crippen LogP contribution in [0.3, 0.4) is 0 Å². The molecule has 0 bridgehead atoms. The summed E-state index contributed by atoms with van der Waals surface area (Å²) in [5.74, 6) is -1.62. The summed E-state index contributed by atoms with van der Waals surface area (Å²) < 4.78 is 32.3. The Morgan fingerprint density at radius 3 is 2.35 bits per heavy atom. The quantitative estimate of drug-likeness (QED) is 0.906. The van der Waals surface area contributed by atoms with Crippen LogP contribution in [-0.4, -0.2) is 17.2 Å². The van der Waals surface area contributed by atoms with E-state index in [1.165, 1.54) is 12.1 Å². The molecule has 1 saturated heterocycles. The largest absolute Gasteiger partial charge is 0.368 e. The fourth-order valence-corrected chi connectivity index (χ4v) is 3.00. The number of rotatable bonds is 3. The van der Waals surface area contributed by atoms with Crippen LogP contribution >= 0.6 is 0 Å². The maximum absolute atomic E-state index is 13.3. The van der Waals surface area contributed by atoms with Crippen molar-refractivity contribution >= 4 is 0 Å². The zero-order valence-corrected chi connectivity index (χ0v) is 12.8. The van der Waals surface area contributed by atoms with E-state index in [2.05, 4.69) is 33.0 Å². The second-order valence-electron chi connectivity index (χ2n) is 6.78. The average molecular weight is 283 g/mol. The standard InChI is InChI=1S/C16H23F2NO/c1-10(11-6-7-12(17)13(18)8-11)19-14-9-15(2,3)20-16(14,4)5/h6-8,10,14,19H,9H2,1-5H3. The molecule has 1 fully saturated rings. The van der Waals surface area contributed by atoms with Gasteiger partial charge in [0.2, 0.25) is 0 Å². The van der Waals surface area contributed by atoms with E-state index in [0.29, 0.717) is 0 Å². The Bertz CT molecular complexity index is 499. The van der Waals surface area contributed by atoms with E-state index in [9.17, 15) is 8.78 Å². The van der Waals surface area contributed by atoms with E-state index >= 15 is 0 Å². The summed E-state index contributed by atoms with van der Waals surface area (Å²) in [5.41, 5.74) is 0.287. The highest BCUT2D eigenvalue weighted by molar-refractivity contribution is 5.21. The van der Waals surface area contributed by atoms with Crippen molar-refractivity contribution in [1.82, 2.24) is 5.32 Å². The summed E-state index contributed by atoms with van der Waals surface area (Å²) in [6.45, 7) is 10.2. The Labute approximate surface area is 119 Å². The summed E-state index contributed by atoms with van der Waals surface area (Å²) in [6, 6.07) is 4.14. The molecule has 1 N–H and O–H groups in total. The molecule has 0 saturated carbocycles. The molecule has 1 aromatic rings. The molecule has 0 aliphatic carbocycles. The lowest BCUT2D eigenvalue weighted by atomic mass is 9.93. The van der Waals surface area contributed by atoms with Crippen molar-refractivity contribution in [2.75, 3.05) is 0 Å². The van der Waals surface area contributed by atoms with E-state index in [4.69, 9.17) is 4.74 Å². The minimum atomic E-state index is -0.813. The highest BCUT2D eigenvalue weighted by Crippen LogP contribution is 2.38. The molecule has 0 amide bonds. The van der Waals surface area contributed by atoms with Crippen molar-refractivity contribution in [3.8, 4) is 0 Å². The van der Waals surface area contributed by atoms with Gasteiger partial charge in [0.25, 0.3) is 0 Å². The zero-order valence-electron chi connectivity index (χ0n) is 12.8. The zero-order chi connectivity index (χ0) is 15.1. The van der Waals surface area contributed by atoms with Crippen LogP contribution in [0.5, 0.6) is 0 Å². The predicted octanol–water partition coefficient (Wildman–Crippen LogP) is 3.96. The van der Waals surface area contributed by atoms with E-state index in [-0.39, 0.29) is 23.3 Å². The molecule has 2 unspecified atom stereocenters. The van der Waals surface area contributed by atoms with Gasteiger partial charge >= 0.3 is 0 Å². The normalized spacial score (nSPS) is 25.6. The number of benzene rings is 1. The molecule has 1 heterocycles. The van der Waals surface area contributed by atoms with Crippen LogP contribution in [0.15, 0.2) is 18.2 Å². The second kappa shape index (κ2) is 5.08. The molecule has 0 aromatic heterocycles. The highest BCUT2D eigenvalue weighted by Gasteiger charge is 2.46. The van der Waals surface area contributed by atoms with Gasteiger partial charge in [-0.3, -0.25) is 0 Å². The summed E-state index contributed by atoms with van der Waals surface area (Å²) in [5, 5.41) is 3.47. The smallest absolute Gasteiger partial charge is 0.159 e. The second-order valence-corrected chi connectivity index (χ2v) is 6.78. The van der Waals surface area contributed by atoms with Crippen LogP contribution in [0, 0.1) is 11.6 Å². The molecule has 1 aromatic carbocycles. The molecule has 2 atom stereocenters. The summed E-state index contributed by atoms with van der Waals surface area (Å²) in [4.78, 5) is 0. The average Bonchev–Trinajstić information content (AvgIpc) is 2.50. The van der Waals surface area contributed by atoms with Crippen LogP contribution < -0.4 is 5.32 Å². The third-order valence-corrected chi connectivity index (χ3v) is 3.97. The topological polar surface area (TPSA) is 21.3 Å².